The molecule has 2 rings (SSSR count). The van der Waals surface area contributed by atoms with Crippen LogP contribution >= 0.6 is 0 Å². The van der Waals surface area contributed by atoms with Crippen molar-refractivity contribution in [3.05, 3.63) is 70.3 Å². The number of hydrogen-bond donors (Lipinski definition) is 0. The Labute approximate surface area is 149 Å². The Bertz CT molecular complexity index is 869. The van der Waals surface area contributed by atoms with Gasteiger partial charge in [-0.3, -0.25) is 4.79 Å². The summed E-state index contributed by atoms with van der Waals surface area (Å²) in [5.41, 5.74) is -0.719. The Hall–Kier alpha value is -3.48. The van der Waals surface area contributed by atoms with E-state index >= 15 is 0 Å². The molecule has 0 atom stereocenters. The average Bonchev–Trinajstić information content (AvgIpc) is 2.70. The minimum absolute atomic E-state index is 0.0869. The first-order chi connectivity index (χ1) is 12.5. The maximum absolute atomic E-state index is 12.8. The van der Waals surface area contributed by atoms with E-state index < -0.39 is 23.7 Å². The fourth-order valence-corrected chi connectivity index (χ4v) is 2.45. The van der Waals surface area contributed by atoms with E-state index in [2.05, 4.69) is 9.47 Å². The molecule has 0 heterocycles. The van der Waals surface area contributed by atoms with Crippen molar-refractivity contribution in [2.75, 3.05) is 21.3 Å². The molecule has 2 aromatic rings. The number of benzene rings is 2. The van der Waals surface area contributed by atoms with E-state index in [0.29, 0.717) is 5.56 Å². The number of ketones is 1. The van der Waals surface area contributed by atoms with Crippen molar-refractivity contribution in [3.63, 3.8) is 0 Å². The molecule has 0 fully saturated rings. The molecule has 0 N–H and O–H groups in total. The molecule has 7 nitrogen and oxygen atoms in total. The number of carbonyl (C=O) groups is 4. The van der Waals surface area contributed by atoms with Gasteiger partial charge in [0.25, 0.3) is 0 Å². The van der Waals surface area contributed by atoms with Gasteiger partial charge in [-0.1, -0.05) is 30.3 Å². The number of methoxy groups -OCH3 is 3. The normalized spacial score (nSPS) is 9.96. The summed E-state index contributed by atoms with van der Waals surface area (Å²) in [6, 6.07) is 10.7. The van der Waals surface area contributed by atoms with Crippen LogP contribution in [0.3, 0.4) is 0 Å². The quantitative estimate of drug-likeness (QED) is 0.461. The molecule has 0 aliphatic carbocycles. The molecular weight excluding hydrogens is 340 g/mol. The summed E-state index contributed by atoms with van der Waals surface area (Å²) in [7, 11) is 3.32. The summed E-state index contributed by atoms with van der Waals surface area (Å²) in [6.07, 6.45) is 0. The largest absolute Gasteiger partial charge is 0.465 e. The molecule has 26 heavy (non-hydrogen) atoms. The predicted molar refractivity (Wildman–Crippen MR) is 90.3 cm³/mol. The zero-order chi connectivity index (χ0) is 19.3. The average molecular weight is 356 g/mol. The summed E-state index contributed by atoms with van der Waals surface area (Å²) in [5, 5.41) is 0. The Balaban J connectivity index is 2.81. The third-order valence-corrected chi connectivity index (χ3v) is 3.67. The molecule has 0 amide bonds. The van der Waals surface area contributed by atoms with E-state index in [1.54, 1.807) is 30.3 Å². The van der Waals surface area contributed by atoms with Gasteiger partial charge in [0.05, 0.1) is 38.0 Å². The van der Waals surface area contributed by atoms with E-state index in [9.17, 15) is 19.2 Å². The van der Waals surface area contributed by atoms with Gasteiger partial charge in [0.2, 0.25) is 0 Å². The first-order valence-electron chi connectivity index (χ1n) is 7.47. The first-order valence-corrected chi connectivity index (χ1v) is 7.47. The third-order valence-electron chi connectivity index (χ3n) is 3.67. The lowest BCUT2D eigenvalue weighted by Gasteiger charge is -2.14. The van der Waals surface area contributed by atoms with E-state index in [-0.39, 0.29) is 22.3 Å². The van der Waals surface area contributed by atoms with E-state index in [1.807, 2.05) is 0 Å². The summed E-state index contributed by atoms with van der Waals surface area (Å²) in [5.74, 6) is -3.27. The molecule has 0 bridgehead atoms. The van der Waals surface area contributed by atoms with Gasteiger partial charge in [0.1, 0.15) is 0 Å². The molecule has 0 unspecified atom stereocenters. The number of ether oxygens (including phenoxy) is 3. The number of carbonyl (C=O) groups excluding carboxylic acids is 4. The fraction of sp³-hybridized carbons (Fsp3) is 0.158. The van der Waals surface area contributed by atoms with Crippen molar-refractivity contribution >= 4 is 23.7 Å². The smallest absolute Gasteiger partial charge is 0.339 e. The van der Waals surface area contributed by atoms with E-state index in [0.717, 1.165) is 21.3 Å². The van der Waals surface area contributed by atoms with Gasteiger partial charge >= 0.3 is 17.9 Å². The zero-order valence-electron chi connectivity index (χ0n) is 14.4. The second-order valence-electron chi connectivity index (χ2n) is 5.08. The topological polar surface area (TPSA) is 96.0 Å². The maximum Gasteiger partial charge on any atom is 0.339 e. The van der Waals surface area contributed by atoms with Crippen molar-refractivity contribution in [3.8, 4) is 0 Å². The molecular formula is C19H16O7. The minimum atomic E-state index is -0.964. The van der Waals surface area contributed by atoms with Crippen LogP contribution in [0.25, 0.3) is 0 Å². The molecule has 0 aromatic heterocycles. The molecule has 0 saturated heterocycles. The Kier molecular flexibility index (Phi) is 5.85. The molecule has 0 aliphatic rings. The molecule has 2 aromatic carbocycles. The van der Waals surface area contributed by atoms with Crippen LogP contribution in [0.1, 0.15) is 47.0 Å². The van der Waals surface area contributed by atoms with Crippen molar-refractivity contribution in [2.24, 2.45) is 0 Å². The lowest BCUT2D eigenvalue weighted by Crippen LogP contribution is -2.22. The zero-order valence-corrected chi connectivity index (χ0v) is 14.4. The minimum Gasteiger partial charge on any atom is -0.465 e. The van der Waals surface area contributed by atoms with Gasteiger partial charge in [-0.05, 0) is 12.1 Å². The lowest BCUT2D eigenvalue weighted by atomic mass is 9.91. The highest BCUT2D eigenvalue weighted by Gasteiger charge is 2.31. The standard InChI is InChI=1S/C19H16O7/c1-24-17(21)13-10-9-12(16(20)11-7-5-4-6-8-11)14(18(22)25-2)15(13)19(23)26-3/h4-10H,1-3H3. The SMILES string of the molecule is COC(=O)c1ccc(C(=O)c2ccccc2)c(C(=O)OC)c1C(=O)OC. The molecule has 0 spiro atoms. The van der Waals surface area contributed by atoms with Crippen molar-refractivity contribution in [1.29, 1.82) is 0 Å². The number of rotatable bonds is 5. The maximum atomic E-state index is 12.8. The van der Waals surface area contributed by atoms with Crippen LogP contribution in [-0.2, 0) is 14.2 Å². The Morgan fingerprint density at radius 2 is 1.08 bits per heavy atom. The van der Waals surface area contributed by atoms with Gasteiger partial charge in [-0.25, -0.2) is 14.4 Å². The van der Waals surface area contributed by atoms with Crippen LogP contribution in [0, 0.1) is 0 Å². The summed E-state index contributed by atoms with van der Waals surface area (Å²) < 4.78 is 14.0. The second-order valence-corrected chi connectivity index (χ2v) is 5.08. The highest BCUT2D eigenvalue weighted by atomic mass is 16.5. The summed E-state index contributed by atoms with van der Waals surface area (Å²) in [4.78, 5) is 49.4. The number of hydrogen-bond acceptors (Lipinski definition) is 7. The van der Waals surface area contributed by atoms with Crippen LogP contribution in [0.5, 0.6) is 0 Å². The summed E-state index contributed by atoms with van der Waals surface area (Å²) >= 11 is 0. The summed E-state index contributed by atoms with van der Waals surface area (Å²) in [6.45, 7) is 0. The molecule has 7 heteroatoms. The molecule has 0 saturated carbocycles. The van der Waals surface area contributed by atoms with E-state index in [4.69, 9.17) is 4.74 Å². The highest BCUT2D eigenvalue weighted by molar-refractivity contribution is 6.19. The van der Waals surface area contributed by atoms with Crippen molar-refractivity contribution in [2.45, 2.75) is 0 Å². The predicted octanol–water partition coefficient (Wildman–Crippen LogP) is 2.28. The van der Waals surface area contributed by atoms with Crippen molar-refractivity contribution in [1.82, 2.24) is 0 Å². The first kappa shape index (κ1) is 18.9. The molecule has 0 aliphatic heterocycles. The van der Waals surface area contributed by atoms with Gasteiger partial charge in [-0.15, -0.1) is 0 Å². The van der Waals surface area contributed by atoms with Crippen molar-refractivity contribution < 1.29 is 33.4 Å². The second kappa shape index (κ2) is 8.06. The van der Waals surface area contributed by atoms with Gasteiger partial charge < -0.3 is 14.2 Å². The van der Waals surface area contributed by atoms with E-state index in [1.165, 1.54) is 12.1 Å². The van der Waals surface area contributed by atoms with Crippen LogP contribution in [0.2, 0.25) is 0 Å². The van der Waals surface area contributed by atoms with Crippen LogP contribution in [-0.4, -0.2) is 45.0 Å². The number of esters is 3. The Morgan fingerprint density at radius 3 is 1.58 bits per heavy atom. The van der Waals surface area contributed by atoms with Crippen LogP contribution in [0.15, 0.2) is 42.5 Å². The molecule has 0 radical (unpaired) electrons. The van der Waals surface area contributed by atoms with Gasteiger partial charge in [0.15, 0.2) is 5.78 Å². The Morgan fingerprint density at radius 1 is 0.615 bits per heavy atom. The highest BCUT2D eigenvalue weighted by Crippen LogP contribution is 2.25. The van der Waals surface area contributed by atoms with Gasteiger partial charge in [-0.2, -0.15) is 0 Å². The fourth-order valence-electron chi connectivity index (χ4n) is 2.45. The van der Waals surface area contributed by atoms with Gasteiger partial charge in [0, 0.05) is 11.1 Å². The third kappa shape index (κ3) is 3.46. The van der Waals surface area contributed by atoms with Crippen LogP contribution in [0.4, 0.5) is 0 Å². The monoisotopic (exact) mass is 356 g/mol. The van der Waals surface area contributed by atoms with Crippen LogP contribution < -0.4 is 0 Å². The molecule has 134 valence electrons. The lowest BCUT2D eigenvalue weighted by molar-refractivity contribution is 0.0534.